The summed E-state index contributed by atoms with van der Waals surface area (Å²) in [6, 6.07) is 41.2. The quantitative estimate of drug-likeness (QED) is 0.208. The lowest BCUT2D eigenvalue weighted by molar-refractivity contribution is 1.41. The van der Waals surface area contributed by atoms with E-state index in [1.807, 2.05) is 0 Å². The minimum Gasteiger partial charge on any atom is -0.246 e. The van der Waals surface area contributed by atoms with Crippen LogP contribution in [0.4, 0.5) is 0 Å². The maximum absolute atomic E-state index is 5.33. The first-order valence-electron chi connectivity index (χ1n) is 11.0. The normalized spacial score (nSPS) is 11.8. The highest BCUT2D eigenvalue weighted by molar-refractivity contribution is 6.28. The highest BCUT2D eigenvalue weighted by Gasteiger charge is 2.16. The van der Waals surface area contributed by atoms with Gasteiger partial charge in [-0.05, 0) is 44.6 Å². The van der Waals surface area contributed by atoms with Crippen molar-refractivity contribution in [3.05, 3.63) is 115 Å². The molecule has 0 aliphatic rings. The van der Waals surface area contributed by atoms with Crippen LogP contribution in [0.1, 0.15) is 0 Å². The van der Waals surface area contributed by atoms with E-state index in [9.17, 15) is 0 Å². The summed E-state index contributed by atoms with van der Waals surface area (Å²) in [5, 5.41) is 8.87. The molecular formula is C31H19N. The first-order chi connectivity index (χ1) is 15.9. The predicted molar refractivity (Wildman–Crippen MR) is 136 cm³/mol. The predicted octanol–water partition coefficient (Wildman–Crippen LogP) is 8.47. The molecule has 0 spiro atoms. The van der Waals surface area contributed by atoms with E-state index in [2.05, 4.69) is 115 Å². The van der Waals surface area contributed by atoms with Gasteiger partial charge in [-0.1, -0.05) is 103 Å². The zero-order valence-corrected chi connectivity index (χ0v) is 17.4. The van der Waals surface area contributed by atoms with Crippen molar-refractivity contribution in [3.63, 3.8) is 0 Å². The largest absolute Gasteiger partial charge is 0.246 e. The fraction of sp³-hybridized carbons (Fsp3) is 0. The lowest BCUT2D eigenvalue weighted by atomic mass is 9.91. The highest BCUT2D eigenvalue weighted by Crippen LogP contribution is 2.40. The topological polar surface area (TPSA) is 12.9 Å². The number of aromatic nitrogens is 1. The van der Waals surface area contributed by atoms with E-state index in [0.29, 0.717) is 0 Å². The Balaban J connectivity index is 1.66. The monoisotopic (exact) mass is 405 g/mol. The number of hydrogen-bond donors (Lipinski definition) is 0. The molecule has 0 unspecified atom stereocenters. The molecule has 0 radical (unpaired) electrons. The molecule has 0 amide bonds. The summed E-state index contributed by atoms with van der Waals surface area (Å²) in [5.74, 6) is 0. The van der Waals surface area contributed by atoms with Crippen LogP contribution >= 0.6 is 0 Å². The smallest absolute Gasteiger partial charge is 0.0788 e. The maximum atomic E-state index is 5.33. The Labute approximate surface area is 185 Å². The third-order valence-electron chi connectivity index (χ3n) is 6.56. The second-order valence-corrected chi connectivity index (χ2v) is 8.42. The van der Waals surface area contributed by atoms with Gasteiger partial charge in [0.2, 0.25) is 0 Å². The van der Waals surface area contributed by atoms with Gasteiger partial charge < -0.3 is 0 Å². The van der Waals surface area contributed by atoms with E-state index in [-0.39, 0.29) is 0 Å². The second kappa shape index (κ2) is 6.63. The number of rotatable bonds is 2. The fourth-order valence-electron chi connectivity index (χ4n) is 5.10. The molecule has 0 atom stereocenters. The van der Waals surface area contributed by atoms with E-state index in [1.165, 1.54) is 43.3 Å². The molecule has 1 heterocycles. The molecule has 32 heavy (non-hydrogen) atoms. The number of nitrogens with zero attached hydrogens (tertiary/aromatic N) is 1. The van der Waals surface area contributed by atoms with Crippen molar-refractivity contribution in [1.29, 1.82) is 0 Å². The standard InChI is InChI=1S/C31H19N/c1-3-8-20(9-4-1)27-19-25-18-24-15-14-21-12-7-13-22-16-17-26(29(24)28(21)22)31(25)32-30(27)23-10-5-2-6-11-23/h1-19H. The summed E-state index contributed by atoms with van der Waals surface area (Å²) in [7, 11) is 0. The van der Waals surface area contributed by atoms with Gasteiger partial charge in [-0.3, -0.25) is 0 Å². The maximum Gasteiger partial charge on any atom is 0.0788 e. The Morgan fingerprint density at radius 1 is 0.438 bits per heavy atom. The average Bonchev–Trinajstić information content (AvgIpc) is 2.87. The van der Waals surface area contributed by atoms with Crippen molar-refractivity contribution in [2.24, 2.45) is 0 Å². The van der Waals surface area contributed by atoms with Gasteiger partial charge >= 0.3 is 0 Å². The second-order valence-electron chi connectivity index (χ2n) is 8.42. The van der Waals surface area contributed by atoms with E-state index in [4.69, 9.17) is 4.98 Å². The van der Waals surface area contributed by atoms with Gasteiger partial charge in [0.1, 0.15) is 0 Å². The molecule has 0 saturated carbocycles. The van der Waals surface area contributed by atoms with Gasteiger partial charge in [-0.15, -0.1) is 0 Å². The number of hydrogen-bond acceptors (Lipinski definition) is 1. The Kier molecular flexibility index (Phi) is 3.62. The van der Waals surface area contributed by atoms with Gasteiger partial charge in [0.05, 0.1) is 11.2 Å². The molecule has 0 fully saturated rings. The molecule has 0 N–H and O–H groups in total. The number of fused-ring (bicyclic) bond motifs is 2. The Morgan fingerprint density at radius 2 is 1.09 bits per heavy atom. The molecule has 6 aromatic carbocycles. The molecule has 148 valence electrons. The average molecular weight is 406 g/mol. The van der Waals surface area contributed by atoms with Crippen molar-refractivity contribution in [2.75, 3.05) is 0 Å². The SMILES string of the molecule is c1ccc(-c2cc3cc4ccc5cccc6ccc(c3nc2-c2ccccc2)c4c56)cc1. The number of benzene rings is 6. The summed E-state index contributed by atoms with van der Waals surface area (Å²) < 4.78 is 0. The zero-order chi connectivity index (χ0) is 21.1. The minimum atomic E-state index is 1.03. The molecule has 7 aromatic rings. The Hall–Kier alpha value is -4.23. The third kappa shape index (κ3) is 2.48. The lowest BCUT2D eigenvalue weighted by Crippen LogP contribution is -1.93. The Morgan fingerprint density at radius 3 is 1.84 bits per heavy atom. The molecule has 0 saturated heterocycles. The van der Waals surface area contributed by atoms with Crippen LogP contribution in [0, 0.1) is 0 Å². The van der Waals surface area contributed by atoms with Gasteiger partial charge in [-0.25, -0.2) is 4.98 Å². The van der Waals surface area contributed by atoms with E-state index in [0.717, 1.165) is 22.3 Å². The molecule has 0 aliphatic carbocycles. The molecule has 1 aromatic heterocycles. The van der Waals surface area contributed by atoms with Crippen molar-refractivity contribution in [2.45, 2.75) is 0 Å². The van der Waals surface area contributed by atoms with Gasteiger partial charge in [0.15, 0.2) is 0 Å². The van der Waals surface area contributed by atoms with Crippen LogP contribution in [0.15, 0.2) is 115 Å². The van der Waals surface area contributed by atoms with Crippen LogP contribution in [0.25, 0.3) is 65.6 Å². The summed E-state index contributed by atoms with van der Waals surface area (Å²) >= 11 is 0. The first kappa shape index (κ1) is 17.5. The van der Waals surface area contributed by atoms with Crippen LogP contribution in [-0.2, 0) is 0 Å². The van der Waals surface area contributed by atoms with Crippen LogP contribution in [0.2, 0.25) is 0 Å². The van der Waals surface area contributed by atoms with Crippen LogP contribution in [0.3, 0.4) is 0 Å². The van der Waals surface area contributed by atoms with Gasteiger partial charge in [0.25, 0.3) is 0 Å². The third-order valence-corrected chi connectivity index (χ3v) is 6.56. The van der Waals surface area contributed by atoms with Gasteiger partial charge in [0, 0.05) is 21.9 Å². The molecule has 0 aliphatic heterocycles. The van der Waals surface area contributed by atoms with Crippen molar-refractivity contribution in [3.8, 4) is 22.4 Å². The van der Waals surface area contributed by atoms with E-state index in [1.54, 1.807) is 0 Å². The summed E-state index contributed by atoms with van der Waals surface area (Å²) in [6.07, 6.45) is 0. The lowest BCUT2D eigenvalue weighted by Gasteiger charge is -2.16. The van der Waals surface area contributed by atoms with Crippen LogP contribution in [0.5, 0.6) is 0 Å². The molecule has 1 nitrogen and oxygen atoms in total. The highest BCUT2D eigenvalue weighted by atomic mass is 14.7. The van der Waals surface area contributed by atoms with Gasteiger partial charge in [-0.2, -0.15) is 0 Å². The summed E-state index contributed by atoms with van der Waals surface area (Å²) in [5.41, 5.74) is 5.58. The van der Waals surface area contributed by atoms with Crippen LogP contribution < -0.4 is 0 Å². The Bertz CT molecular complexity index is 1730. The molecular weight excluding hydrogens is 386 g/mol. The minimum absolute atomic E-state index is 1.03. The molecule has 7 rings (SSSR count). The first-order valence-corrected chi connectivity index (χ1v) is 11.0. The summed E-state index contributed by atoms with van der Waals surface area (Å²) in [6.45, 7) is 0. The van der Waals surface area contributed by atoms with Crippen LogP contribution in [-0.4, -0.2) is 4.98 Å². The van der Waals surface area contributed by atoms with Crippen molar-refractivity contribution >= 4 is 43.2 Å². The summed E-state index contributed by atoms with van der Waals surface area (Å²) in [4.78, 5) is 5.33. The van der Waals surface area contributed by atoms with E-state index >= 15 is 0 Å². The number of pyridine rings is 1. The molecule has 1 heteroatoms. The van der Waals surface area contributed by atoms with Crippen molar-refractivity contribution < 1.29 is 0 Å². The zero-order valence-electron chi connectivity index (χ0n) is 17.4. The van der Waals surface area contributed by atoms with Crippen molar-refractivity contribution in [1.82, 2.24) is 4.98 Å². The fourth-order valence-corrected chi connectivity index (χ4v) is 5.10. The molecule has 0 bridgehead atoms. The van der Waals surface area contributed by atoms with E-state index < -0.39 is 0 Å².